The predicted molar refractivity (Wildman–Crippen MR) is 95.6 cm³/mol. The molecule has 9 heteroatoms. The minimum atomic E-state index is -1.50. The zero-order chi connectivity index (χ0) is 18.7. The van der Waals surface area contributed by atoms with Crippen LogP contribution < -0.4 is 10.1 Å². The maximum absolute atomic E-state index is 11.6. The van der Waals surface area contributed by atoms with E-state index in [4.69, 9.17) is 14.8 Å². The van der Waals surface area contributed by atoms with Crippen LogP contribution in [-0.2, 0) is 6.42 Å². The topological polar surface area (TPSA) is 122 Å². The highest BCUT2D eigenvalue weighted by Crippen LogP contribution is 2.34. The maximum atomic E-state index is 11.6. The van der Waals surface area contributed by atoms with E-state index in [1.807, 2.05) is 0 Å². The number of carboxylic acids is 1. The van der Waals surface area contributed by atoms with Gasteiger partial charge in [0.15, 0.2) is 0 Å². The molecule has 1 atom stereocenters. The lowest BCUT2D eigenvalue weighted by molar-refractivity contribution is 0.0108. The average Bonchev–Trinajstić information content (AvgIpc) is 3.04. The molecule has 2 aliphatic heterocycles. The van der Waals surface area contributed by atoms with Crippen LogP contribution in [0.3, 0.4) is 0 Å². The van der Waals surface area contributed by atoms with Gasteiger partial charge in [0.1, 0.15) is 23.2 Å². The first-order chi connectivity index (χ1) is 12.4. The summed E-state index contributed by atoms with van der Waals surface area (Å²) >= 11 is 0. The molecular formula is C17H25BN2O6. The van der Waals surface area contributed by atoms with Crippen molar-refractivity contribution in [2.45, 2.75) is 25.3 Å². The lowest BCUT2D eigenvalue weighted by atomic mass is 9.82. The molecule has 0 aromatic heterocycles. The van der Waals surface area contributed by atoms with Crippen molar-refractivity contribution in [3.8, 4) is 11.5 Å². The van der Waals surface area contributed by atoms with Gasteiger partial charge in [0.2, 0.25) is 0 Å². The van der Waals surface area contributed by atoms with Gasteiger partial charge in [-0.05, 0) is 49.8 Å². The third-order valence-electron chi connectivity index (χ3n) is 5.01. The normalized spacial score (nSPS) is 20.8. The number of hydrogen-bond donors (Lipinski definition) is 5. The quantitative estimate of drug-likeness (QED) is 0.401. The van der Waals surface area contributed by atoms with Crippen LogP contribution >= 0.6 is 0 Å². The molecule has 142 valence electrons. The van der Waals surface area contributed by atoms with Crippen LogP contribution in [-0.4, -0.2) is 77.1 Å². The van der Waals surface area contributed by atoms with Crippen molar-refractivity contribution in [3.63, 3.8) is 0 Å². The Morgan fingerprint density at radius 1 is 1.35 bits per heavy atom. The number of hydrogen-bond acceptors (Lipinski definition) is 7. The Kier molecular flexibility index (Phi) is 6.03. The van der Waals surface area contributed by atoms with E-state index in [1.54, 1.807) is 6.07 Å². The van der Waals surface area contributed by atoms with Crippen molar-refractivity contribution >= 4 is 13.1 Å². The SMILES string of the molecule is O=C(O)c1c(OC2CN(CC3CCNC3)C2)ccc(CCB(O)O)c1O. The van der Waals surface area contributed by atoms with Crippen LogP contribution in [0.1, 0.15) is 22.3 Å². The summed E-state index contributed by atoms with van der Waals surface area (Å²) in [6.45, 7) is 4.62. The second-order valence-corrected chi connectivity index (χ2v) is 7.09. The van der Waals surface area contributed by atoms with Gasteiger partial charge in [-0.3, -0.25) is 4.90 Å². The first kappa shape index (κ1) is 19.0. The van der Waals surface area contributed by atoms with Crippen molar-refractivity contribution in [1.82, 2.24) is 10.2 Å². The van der Waals surface area contributed by atoms with Crippen LogP contribution in [0.4, 0.5) is 0 Å². The molecule has 8 nitrogen and oxygen atoms in total. The van der Waals surface area contributed by atoms with Crippen molar-refractivity contribution in [1.29, 1.82) is 0 Å². The number of aromatic hydroxyl groups is 1. The van der Waals surface area contributed by atoms with Crippen LogP contribution in [0, 0.1) is 5.92 Å². The Morgan fingerprint density at radius 2 is 2.12 bits per heavy atom. The van der Waals surface area contributed by atoms with Crippen molar-refractivity contribution in [2.24, 2.45) is 5.92 Å². The van der Waals surface area contributed by atoms with Gasteiger partial charge >= 0.3 is 13.1 Å². The molecule has 0 bridgehead atoms. The van der Waals surface area contributed by atoms with E-state index in [-0.39, 0.29) is 35.9 Å². The van der Waals surface area contributed by atoms with Crippen molar-refractivity contribution < 1.29 is 29.8 Å². The molecule has 1 aromatic carbocycles. The number of nitrogens with zero attached hydrogens (tertiary/aromatic N) is 1. The van der Waals surface area contributed by atoms with E-state index in [0.29, 0.717) is 11.5 Å². The summed E-state index contributed by atoms with van der Waals surface area (Å²) in [6, 6.07) is 3.10. The highest BCUT2D eigenvalue weighted by Gasteiger charge is 2.32. The number of nitrogens with one attached hydrogen (secondary N) is 1. The summed E-state index contributed by atoms with van der Waals surface area (Å²) in [5, 5.41) is 40.9. The molecule has 0 amide bonds. The van der Waals surface area contributed by atoms with Crippen molar-refractivity contribution in [3.05, 3.63) is 23.3 Å². The van der Waals surface area contributed by atoms with Gasteiger partial charge < -0.3 is 30.3 Å². The summed E-state index contributed by atoms with van der Waals surface area (Å²) in [4.78, 5) is 13.9. The minimum Gasteiger partial charge on any atom is -0.507 e. The fraction of sp³-hybridized carbons (Fsp3) is 0.588. The number of carboxylic acid groups (broad SMARTS) is 1. The fourth-order valence-electron chi connectivity index (χ4n) is 3.57. The molecule has 2 saturated heterocycles. The molecule has 2 aliphatic rings. The maximum Gasteiger partial charge on any atom is 0.451 e. The second-order valence-electron chi connectivity index (χ2n) is 7.09. The number of likely N-dealkylation sites (tertiary alicyclic amines) is 1. The molecule has 0 radical (unpaired) electrons. The largest absolute Gasteiger partial charge is 0.507 e. The lowest BCUT2D eigenvalue weighted by Crippen LogP contribution is -2.55. The highest BCUT2D eigenvalue weighted by molar-refractivity contribution is 6.41. The van der Waals surface area contributed by atoms with Gasteiger partial charge in [-0.25, -0.2) is 4.79 Å². The molecule has 0 spiro atoms. The third-order valence-corrected chi connectivity index (χ3v) is 5.01. The molecule has 1 aromatic rings. The number of rotatable bonds is 8. The van der Waals surface area contributed by atoms with Crippen LogP contribution in [0.15, 0.2) is 12.1 Å². The fourth-order valence-corrected chi connectivity index (χ4v) is 3.57. The number of ether oxygens (including phenoxy) is 1. The number of carbonyl (C=O) groups is 1. The molecule has 2 heterocycles. The minimum absolute atomic E-state index is 0.0143. The number of benzene rings is 1. The number of aryl methyl sites for hydroxylation is 1. The van der Waals surface area contributed by atoms with Gasteiger partial charge in [-0.15, -0.1) is 0 Å². The first-order valence-corrected chi connectivity index (χ1v) is 8.98. The van der Waals surface area contributed by atoms with E-state index in [0.717, 1.165) is 32.7 Å². The average molecular weight is 364 g/mol. The summed E-state index contributed by atoms with van der Waals surface area (Å²) in [7, 11) is -1.50. The Labute approximate surface area is 152 Å². The zero-order valence-corrected chi connectivity index (χ0v) is 14.6. The Balaban J connectivity index is 1.60. The van der Waals surface area contributed by atoms with Gasteiger partial charge in [0, 0.05) is 19.6 Å². The Hall–Kier alpha value is -1.81. The Morgan fingerprint density at radius 3 is 2.73 bits per heavy atom. The standard InChI is InChI=1S/C17H25BN2O6/c21-16-12(3-5-18(24)25)1-2-14(15(16)17(22)23)26-13-9-20(10-13)8-11-4-6-19-7-11/h1-2,11,13,19,21,24-25H,3-10H2,(H,22,23). The lowest BCUT2D eigenvalue weighted by Gasteiger charge is -2.40. The summed E-state index contributed by atoms with van der Waals surface area (Å²) in [5.41, 5.74) is 0.0835. The summed E-state index contributed by atoms with van der Waals surface area (Å²) in [5.74, 6) is -0.827. The number of phenols is 1. The summed E-state index contributed by atoms with van der Waals surface area (Å²) in [6.07, 6.45) is 1.27. The zero-order valence-electron chi connectivity index (χ0n) is 14.6. The molecule has 1 unspecified atom stereocenters. The van der Waals surface area contributed by atoms with Gasteiger partial charge in [0.25, 0.3) is 0 Å². The monoisotopic (exact) mass is 364 g/mol. The highest BCUT2D eigenvalue weighted by atomic mass is 16.5. The smallest absolute Gasteiger partial charge is 0.451 e. The first-order valence-electron chi connectivity index (χ1n) is 8.98. The molecule has 2 fully saturated rings. The molecular weight excluding hydrogens is 339 g/mol. The second kappa shape index (κ2) is 8.26. The van der Waals surface area contributed by atoms with E-state index in [2.05, 4.69) is 10.2 Å². The molecule has 0 aliphatic carbocycles. The van der Waals surface area contributed by atoms with Gasteiger partial charge in [0.05, 0.1) is 0 Å². The molecule has 5 N–H and O–H groups in total. The summed E-state index contributed by atoms with van der Waals surface area (Å²) < 4.78 is 5.80. The molecule has 0 saturated carbocycles. The van der Waals surface area contributed by atoms with E-state index < -0.39 is 13.1 Å². The number of aromatic carboxylic acids is 1. The third kappa shape index (κ3) is 4.48. The Bertz CT molecular complexity index is 644. The van der Waals surface area contributed by atoms with E-state index >= 15 is 0 Å². The van der Waals surface area contributed by atoms with E-state index in [9.17, 15) is 15.0 Å². The van der Waals surface area contributed by atoms with Gasteiger partial charge in [-0.1, -0.05) is 6.07 Å². The van der Waals surface area contributed by atoms with Crippen LogP contribution in [0.5, 0.6) is 11.5 Å². The molecule has 3 rings (SSSR count). The van der Waals surface area contributed by atoms with Crippen molar-refractivity contribution in [2.75, 3.05) is 32.7 Å². The van der Waals surface area contributed by atoms with E-state index in [1.165, 1.54) is 12.5 Å². The predicted octanol–water partition coefficient (Wildman–Crippen LogP) is -0.222. The molecule has 26 heavy (non-hydrogen) atoms. The van der Waals surface area contributed by atoms with Crippen LogP contribution in [0.25, 0.3) is 0 Å². The van der Waals surface area contributed by atoms with Gasteiger partial charge in [-0.2, -0.15) is 0 Å². The van der Waals surface area contributed by atoms with Crippen LogP contribution in [0.2, 0.25) is 6.32 Å².